The number of rotatable bonds is 8. The average molecular weight is 262 g/mol. The molecular formula is C15H22N2O2. The minimum atomic E-state index is -0.733. The van der Waals surface area contributed by atoms with Crippen LogP contribution in [0.3, 0.4) is 0 Å². The normalized spacial score (nSPS) is 13.4. The first-order chi connectivity index (χ1) is 9.15. The molecule has 0 aliphatic heterocycles. The predicted molar refractivity (Wildman–Crippen MR) is 75.2 cm³/mol. The summed E-state index contributed by atoms with van der Waals surface area (Å²) in [6, 6.07) is 9.74. The molecule has 0 fully saturated rings. The summed E-state index contributed by atoms with van der Waals surface area (Å²) in [7, 11) is 0. The minimum absolute atomic E-state index is 0.532. The van der Waals surface area contributed by atoms with Crippen molar-refractivity contribution in [3.8, 4) is 17.6 Å². The lowest BCUT2D eigenvalue weighted by molar-refractivity contribution is 0.264. The maximum absolute atomic E-state index is 8.98. The fourth-order valence-electron chi connectivity index (χ4n) is 1.73. The summed E-state index contributed by atoms with van der Waals surface area (Å²) in [4.78, 5) is 0. The smallest absolute Gasteiger partial charge is 0.161 e. The first kappa shape index (κ1) is 15.3. The molecule has 0 saturated carbocycles. The molecule has 1 aromatic carbocycles. The van der Waals surface area contributed by atoms with Gasteiger partial charge in [0.15, 0.2) is 11.5 Å². The zero-order valence-electron chi connectivity index (χ0n) is 11.7. The third-order valence-electron chi connectivity index (χ3n) is 3.03. The molecule has 0 heterocycles. The maximum atomic E-state index is 8.98. The van der Waals surface area contributed by atoms with Gasteiger partial charge in [0.1, 0.15) is 5.54 Å². The van der Waals surface area contributed by atoms with Gasteiger partial charge in [-0.3, -0.25) is 0 Å². The van der Waals surface area contributed by atoms with Gasteiger partial charge in [-0.1, -0.05) is 19.1 Å². The molecule has 0 amide bonds. The van der Waals surface area contributed by atoms with Crippen LogP contribution in [0.15, 0.2) is 24.3 Å². The number of hydrogen-bond acceptors (Lipinski definition) is 4. The third kappa shape index (κ3) is 4.80. The first-order valence-electron chi connectivity index (χ1n) is 6.70. The van der Waals surface area contributed by atoms with Gasteiger partial charge in [-0.05, 0) is 38.3 Å². The van der Waals surface area contributed by atoms with Crippen molar-refractivity contribution in [2.75, 3.05) is 13.2 Å². The highest BCUT2D eigenvalue weighted by atomic mass is 16.5. The standard InChI is InChI=1S/C15H22N2O2/c1-3-15(17,12-16)10-7-11-19-14-9-6-5-8-13(14)18-4-2/h5-6,8-9H,3-4,7,10-11,17H2,1-2H3. The van der Waals surface area contributed by atoms with Crippen molar-refractivity contribution < 1.29 is 9.47 Å². The SMILES string of the molecule is CCOc1ccccc1OCCCC(N)(C#N)CC. The van der Waals surface area contributed by atoms with Crippen LogP contribution in [-0.4, -0.2) is 18.8 Å². The highest BCUT2D eigenvalue weighted by molar-refractivity contribution is 5.39. The fraction of sp³-hybridized carbons (Fsp3) is 0.533. The molecule has 2 N–H and O–H groups in total. The van der Waals surface area contributed by atoms with E-state index in [1.54, 1.807) is 0 Å². The first-order valence-corrected chi connectivity index (χ1v) is 6.70. The van der Waals surface area contributed by atoms with Gasteiger partial charge >= 0.3 is 0 Å². The predicted octanol–water partition coefficient (Wildman–Crippen LogP) is 2.88. The van der Waals surface area contributed by atoms with E-state index in [4.69, 9.17) is 20.5 Å². The maximum Gasteiger partial charge on any atom is 0.161 e. The molecule has 0 bridgehead atoms. The average Bonchev–Trinajstić information content (AvgIpc) is 2.45. The number of benzene rings is 1. The molecule has 0 aliphatic carbocycles. The van der Waals surface area contributed by atoms with Crippen LogP contribution in [0.1, 0.15) is 33.1 Å². The quantitative estimate of drug-likeness (QED) is 0.731. The Morgan fingerprint density at radius 2 is 1.84 bits per heavy atom. The third-order valence-corrected chi connectivity index (χ3v) is 3.03. The van der Waals surface area contributed by atoms with Crippen LogP contribution in [0.2, 0.25) is 0 Å². The molecule has 0 aromatic heterocycles. The Morgan fingerprint density at radius 1 is 1.21 bits per heavy atom. The molecular weight excluding hydrogens is 240 g/mol. The van der Waals surface area contributed by atoms with Gasteiger partial charge in [-0.25, -0.2) is 0 Å². The van der Waals surface area contributed by atoms with Crippen molar-refractivity contribution in [1.29, 1.82) is 5.26 Å². The zero-order chi connectivity index (χ0) is 14.1. The fourth-order valence-corrected chi connectivity index (χ4v) is 1.73. The Hall–Kier alpha value is -1.73. The van der Waals surface area contributed by atoms with Crippen molar-refractivity contribution in [1.82, 2.24) is 0 Å². The number of nitriles is 1. The Kier molecular flexibility index (Phi) is 6.17. The lowest BCUT2D eigenvalue weighted by Gasteiger charge is -2.19. The largest absolute Gasteiger partial charge is 0.490 e. The van der Waals surface area contributed by atoms with E-state index in [9.17, 15) is 0 Å². The lowest BCUT2D eigenvalue weighted by Crippen LogP contribution is -2.37. The highest BCUT2D eigenvalue weighted by Gasteiger charge is 2.21. The van der Waals surface area contributed by atoms with E-state index in [1.165, 1.54) is 0 Å². The molecule has 0 spiro atoms. The van der Waals surface area contributed by atoms with Crippen LogP contribution in [0.5, 0.6) is 11.5 Å². The zero-order valence-corrected chi connectivity index (χ0v) is 11.7. The van der Waals surface area contributed by atoms with Crippen molar-refractivity contribution in [2.24, 2.45) is 5.73 Å². The second-order valence-electron chi connectivity index (χ2n) is 4.45. The van der Waals surface area contributed by atoms with Crippen LogP contribution < -0.4 is 15.2 Å². The summed E-state index contributed by atoms with van der Waals surface area (Å²) in [5.41, 5.74) is 5.18. The Morgan fingerprint density at radius 3 is 2.37 bits per heavy atom. The van der Waals surface area contributed by atoms with Crippen molar-refractivity contribution >= 4 is 0 Å². The molecule has 1 rings (SSSR count). The van der Waals surface area contributed by atoms with Crippen LogP contribution in [0.4, 0.5) is 0 Å². The summed E-state index contributed by atoms with van der Waals surface area (Å²) in [6.45, 7) is 5.00. The number of nitrogens with two attached hydrogens (primary N) is 1. The number of hydrogen-bond donors (Lipinski definition) is 1. The highest BCUT2D eigenvalue weighted by Crippen LogP contribution is 2.26. The second kappa shape index (κ2) is 7.65. The van der Waals surface area contributed by atoms with Gasteiger partial charge in [-0.15, -0.1) is 0 Å². The van der Waals surface area contributed by atoms with Gasteiger partial charge < -0.3 is 15.2 Å². The summed E-state index contributed by atoms with van der Waals surface area (Å²) < 4.78 is 11.2. The summed E-state index contributed by atoms with van der Waals surface area (Å²) in [5.74, 6) is 1.49. The molecule has 4 heteroatoms. The van der Waals surface area contributed by atoms with E-state index in [0.717, 1.165) is 17.9 Å². The Labute approximate surface area is 115 Å². The number of ether oxygens (including phenoxy) is 2. The topological polar surface area (TPSA) is 68.3 Å². The van der Waals surface area contributed by atoms with Crippen molar-refractivity contribution in [2.45, 2.75) is 38.6 Å². The van der Waals surface area contributed by atoms with Crippen LogP contribution in [-0.2, 0) is 0 Å². The minimum Gasteiger partial charge on any atom is -0.490 e. The molecule has 0 radical (unpaired) electrons. The summed E-state index contributed by atoms with van der Waals surface area (Å²) in [5, 5.41) is 8.98. The monoisotopic (exact) mass is 262 g/mol. The number of para-hydroxylation sites is 2. The van der Waals surface area contributed by atoms with Gasteiger partial charge in [0.05, 0.1) is 19.3 Å². The lowest BCUT2D eigenvalue weighted by atomic mass is 9.94. The van der Waals surface area contributed by atoms with Gasteiger partial charge in [-0.2, -0.15) is 5.26 Å². The Bertz CT molecular complexity index is 428. The van der Waals surface area contributed by atoms with E-state index in [0.29, 0.717) is 26.1 Å². The van der Waals surface area contributed by atoms with Crippen LogP contribution in [0.25, 0.3) is 0 Å². The second-order valence-corrected chi connectivity index (χ2v) is 4.45. The van der Waals surface area contributed by atoms with Gasteiger partial charge in [0, 0.05) is 0 Å². The molecule has 0 saturated heterocycles. The van der Waals surface area contributed by atoms with Crippen LogP contribution >= 0.6 is 0 Å². The number of nitrogens with zero attached hydrogens (tertiary/aromatic N) is 1. The van der Waals surface area contributed by atoms with E-state index >= 15 is 0 Å². The molecule has 4 nitrogen and oxygen atoms in total. The van der Waals surface area contributed by atoms with Crippen LogP contribution in [0, 0.1) is 11.3 Å². The van der Waals surface area contributed by atoms with Crippen molar-refractivity contribution in [3.63, 3.8) is 0 Å². The van der Waals surface area contributed by atoms with E-state index in [-0.39, 0.29) is 0 Å². The van der Waals surface area contributed by atoms with Crippen molar-refractivity contribution in [3.05, 3.63) is 24.3 Å². The van der Waals surface area contributed by atoms with E-state index in [2.05, 4.69) is 6.07 Å². The molecule has 104 valence electrons. The van der Waals surface area contributed by atoms with Gasteiger partial charge in [0.25, 0.3) is 0 Å². The molecule has 1 unspecified atom stereocenters. The molecule has 19 heavy (non-hydrogen) atoms. The van der Waals surface area contributed by atoms with E-state index in [1.807, 2.05) is 38.1 Å². The Balaban J connectivity index is 2.44. The summed E-state index contributed by atoms with van der Waals surface area (Å²) in [6.07, 6.45) is 2.04. The van der Waals surface area contributed by atoms with E-state index < -0.39 is 5.54 Å². The summed E-state index contributed by atoms with van der Waals surface area (Å²) >= 11 is 0. The van der Waals surface area contributed by atoms with Gasteiger partial charge in [0.2, 0.25) is 0 Å². The molecule has 1 aromatic rings. The molecule has 0 aliphatic rings. The molecule has 1 atom stereocenters.